The van der Waals surface area contributed by atoms with Crippen LogP contribution in [0.15, 0.2) is 42.3 Å². The smallest absolute Gasteiger partial charge is 0.182 e. The second-order valence-corrected chi connectivity index (χ2v) is 4.77. The molecule has 0 N–H and O–H groups in total. The summed E-state index contributed by atoms with van der Waals surface area (Å²) in [5.74, 6) is -0.470. The Hall–Kier alpha value is -2.01. The van der Waals surface area contributed by atoms with Crippen molar-refractivity contribution >= 4 is 5.78 Å². The molecule has 0 radical (unpaired) electrons. The number of halogens is 1. The molecule has 2 rings (SSSR count). The molecular formula is C16H19FN2O2. The lowest BCUT2D eigenvalue weighted by atomic mass is 10.0. The normalized spacial score (nSPS) is 18.8. The zero-order chi connectivity index (χ0) is 15.4. The van der Waals surface area contributed by atoms with Gasteiger partial charge >= 0.3 is 0 Å². The second-order valence-electron chi connectivity index (χ2n) is 4.77. The maximum absolute atomic E-state index is 14.0. The number of hydrogen-bond acceptors (Lipinski definition) is 3. The minimum atomic E-state index is -0.605. The van der Waals surface area contributed by atoms with Gasteiger partial charge in [-0.25, -0.2) is 4.39 Å². The van der Waals surface area contributed by atoms with Crippen molar-refractivity contribution in [1.29, 1.82) is 0 Å². The summed E-state index contributed by atoms with van der Waals surface area (Å²) in [4.78, 5) is 11.7. The molecule has 5 heteroatoms. The van der Waals surface area contributed by atoms with Gasteiger partial charge in [0.15, 0.2) is 5.78 Å². The van der Waals surface area contributed by atoms with Crippen molar-refractivity contribution in [3.05, 3.63) is 53.7 Å². The Morgan fingerprint density at radius 3 is 3.10 bits per heavy atom. The van der Waals surface area contributed by atoms with Gasteiger partial charge in [-0.05, 0) is 19.1 Å². The third kappa shape index (κ3) is 3.19. The van der Waals surface area contributed by atoms with Crippen molar-refractivity contribution in [3.8, 4) is 0 Å². The highest BCUT2D eigenvalue weighted by atomic mass is 19.1. The first-order valence-corrected chi connectivity index (χ1v) is 6.98. The van der Waals surface area contributed by atoms with Crippen LogP contribution in [-0.2, 0) is 11.3 Å². The molecule has 1 aromatic heterocycles. The van der Waals surface area contributed by atoms with Crippen LogP contribution in [0, 0.1) is 0 Å². The van der Waals surface area contributed by atoms with Crippen LogP contribution in [0.3, 0.4) is 0 Å². The standard InChI is InChI=1S/C16H19FN2O2/c1-4-6-7-12(17)11(3)16-14-10-13(15(20)5-2)18-19(14)8-9-21-16/h4,6-7,10,16H,3,5,8-9H2,1-2H3/b6-4-,12-7+/t16-/m0/s1. The summed E-state index contributed by atoms with van der Waals surface area (Å²) in [5, 5.41) is 4.27. The van der Waals surface area contributed by atoms with Crippen LogP contribution in [0.25, 0.3) is 0 Å². The number of fused-ring (bicyclic) bond motifs is 1. The van der Waals surface area contributed by atoms with Crippen LogP contribution in [0.4, 0.5) is 4.39 Å². The van der Waals surface area contributed by atoms with E-state index in [9.17, 15) is 9.18 Å². The van der Waals surface area contributed by atoms with Gasteiger partial charge in [0, 0.05) is 12.0 Å². The van der Waals surface area contributed by atoms with Gasteiger partial charge in [-0.2, -0.15) is 5.10 Å². The molecule has 0 unspecified atom stereocenters. The number of aromatic nitrogens is 2. The lowest BCUT2D eigenvalue weighted by molar-refractivity contribution is 0.0397. The maximum Gasteiger partial charge on any atom is 0.182 e. The highest BCUT2D eigenvalue weighted by molar-refractivity contribution is 5.94. The summed E-state index contributed by atoms with van der Waals surface area (Å²) in [6, 6.07) is 1.67. The number of hydrogen-bond donors (Lipinski definition) is 0. The molecular weight excluding hydrogens is 271 g/mol. The van der Waals surface area contributed by atoms with Gasteiger partial charge in [0.05, 0.1) is 18.8 Å². The molecule has 4 nitrogen and oxygen atoms in total. The van der Waals surface area contributed by atoms with Gasteiger partial charge < -0.3 is 4.74 Å². The van der Waals surface area contributed by atoms with Crippen LogP contribution in [0.2, 0.25) is 0 Å². The number of allylic oxidation sites excluding steroid dienone is 3. The monoisotopic (exact) mass is 290 g/mol. The first-order valence-electron chi connectivity index (χ1n) is 6.98. The van der Waals surface area contributed by atoms with Crippen LogP contribution < -0.4 is 0 Å². The number of nitrogens with zero attached hydrogens (tertiary/aromatic N) is 2. The van der Waals surface area contributed by atoms with E-state index in [1.807, 2.05) is 0 Å². The predicted octanol–water partition coefficient (Wildman–Crippen LogP) is 3.53. The van der Waals surface area contributed by atoms with Gasteiger partial charge in [0.2, 0.25) is 0 Å². The van der Waals surface area contributed by atoms with Gasteiger partial charge in [0.1, 0.15) is 17.6 Å². The Bertz CT molecular complexity index is 614. The molecule has 0 aromatic carbocycles. The topological polar surface area (TPSA) is 44.1 Å². The zero-order valence-corrected chi connectivity index (χ0v) is 12.3. The van der Waals surface area contributed by atoms with E-state index in [0.29, 0.717) is 31.0 Å². The SMILES string of the molecule is C=C(/C(F)=C\C=C/C)[C@@H]1OCCn2nc(C(=O)CC)cc21. The van der Waals surface area contributed by atoms with Gasteiger partial charge in [-0.15, -0.1) is 0 Å². The van der Waals surface area contributed by atoms with Gasteiger partial charge in [-0.1, -0.05) is 25.7 Å². The van der Waals surface area contributed by atoms with Gasteiger partial charge in [-0.3, -0.25) is 9.48 Å². The largest absolute Gasteiger partial charge is 0.365 e. The molecule has 21 heavy (non-hydrogen) atoms. The minimum Gasteiger partial charge on any atom is -0.365 e. The maximum atomic E-state index is 14.0. The van der Waals surface area contributed by atoms with E-state index in [0.717, 1.165) is 0 Å². The molecule has 112 valence electrons. The molecule has 1 atom stereocenters. The fourth-order valence-corrected chi connectivity index (χ4v) is 2.17. The molecule has 0 amide bonds. The molecule has 1 aromatic rings. The summed E-state index contributed by atoms with van der Waals surface area (Å²) in [6.45, 7) is 8.33. The van der Waals surface area contributed by atoms with Crippen molar-refractivity contribution in [1.82, 2.24) is 9.78 Å². The Morgan fingerprint density at radius 1 is 1.67 bits per heavy atom. The predicted molar refractivity (Wildman–Crippen MR) is 78.7 cm³/mol. The molecule has 1 aliphatic rings. The minimum absolute atomic E-state index is 0.0359. The summed E-state index contributed by atoms with van der Waals surface area (Å²) in [5.41, 5.74) is 1.31. The molecule has 0 saturated carbocycles. The number of rotatable bonds is 5. The number of carbonyl (C=O) groups is 1. The molecule has 0 fully saturated rings. The van der Waals surface area contributed by atoms with Crippen molar-refractivity contribution in [2.24, 2.45) is 0 Å². The molecule has 0 saturated heterocycles. The fraction of sp³-hybridized carbons (Fsp3) is 0.375. The lowest BCUT2D eigenvalue weighted by Crippen LogP contribution is -2.23. The molecule has 1 aliphatic heterocycles. The third-order valence-corrected chi connectivity index (χ3v) is 3.33. The van der Waals surface area contributed by atoms with E-state index in [1.165, 1.54) is 6.08 Å². The molecule has 0 spiro atoms. The van der Waals surface area contributed by atoms with Crippen LogP contribution in [0.5, 0.6) is 0 Å². The van der Waals surface area contributed by atoms with E-state index in [4.69, 9.17) is 4.74 Å². The van der Waals surface area contributed by atoms with E-state index < -0.39 is 11.9 Å². The van der Waals surface area contributed by atoms with E-state index >= 15 is 0 Å². The summed E-state index contributed by atoms with van der Waals surface area (Å²) in [7, 11) is 0. The number of Topliss-reactive ketones (excluding diaryl/α,β-unsaturated/α-hetero) is 1. The van der Waals surface area contributed by atoms with Crippen LogP contribution in [0.1, 0.15) is 42.6 Å². The number of ether oxygens (including phenoxy) is 1. The first kappa shape index (κ1) is 15.4. The second kappa shape index (κ2) is 6.63. The van der Waals surface area contributed by atoms with Gasteiger partial charge in [0.25, 0.3) is 0 Å². The average molecular weight is 290 g/mol. The summed E-state index contributed by atoms with van der Waals surface area (Å²) < 4.78 is 21.3. The van der Waals surface area contributed by atoms with Crippen molar-refractivity contribution in [3.63, 3.8) is 0 Å². The highest BCUT2D eigenvalue weighted by Crippen LogP contribution is 2.33. The van der Waals surface area contributed by atoms with E-state index in [-0.39, 0.29) is 11.4 Å². The summed E-state index contributed by atoms with van der Waals surface area (Å²) in [6.07, 6.45) is 4.47. The Kier molecular flexibility index (Phi) is 4.85. The van der Waals surface area contributed by atoms with Crippen LogP contribution in [-0.4, -0.2) is 22.2 Å². The van der Waals surface area contributed by atoms with E-state index in [2.05, 4.69) is 11.7 Å². The van der Waals surface area contributed by atoms with Crippen LogP contribution >= 0.6 is 0 Å². The summed E-state index contributed by atoms with van der Waals surface area (Å²) >= 11 is 0. The molecule has 0 aliphatic carbocycles. The fourth-order valence-electron chi connectivity index (χ4n) is 2.17. The lowest BCUT2D eigenvalue weighted by Gasteiger charge is -2.25. The van der Waals surface area contributed by atoms with Crippen molar-refractivity contribution in [2.75, 3.05) is 6.61 Å². The first-order chi connectivity index (χ1) is 10.1. The van der Waals surface area contributed by atoms with E-state index in [1.54, 1.807) is 36.7 Å². The Labute approximate surface area is 123 Å². The zero-order valence-electron chi connectivity index (χ0n) is 12.3. The highest BCUT2D eigenvalue weighted by Gasteiger charge is 2.28. The third-order valence-electron chi connectivity index (χ3n) is 3.33. The Morgan fingerprint density at radius 2 is 2.43 bits per heavy atom. The number of carbonyl (C=O) groups excluding carboxylic acids is 1. The molecule has 2 heterocycles. The molecule has 0 bridgehead atoms. The number of ketones is 1. The quantitative estimate of drug-likeness (QED) is 0.615. The Balaban J connectivity index is 2.31. The van der Waals surface area contributed by atoms with Crippen molar-refractivity contribution < 1.29 is 13.9 Å². The average Bonchev–Trinajstić information content (AvgIpc) is 2.94. The van der Waals surface area contributed by atoms with Crippen molar-refractivity contribution in [2.45, 2.75) is 32.9 Å².